The van der Waals surface area contributed by atoms with Crippen LogP contribution >= 0.6 is 36.4 Å². The molecule has 1 aliphatic heterocycles. The first-order chi connectivity index (χ1) is 20.7. The van der Waals surface area contributed by atoms with Gasteiger partial charge < -0.3 is 24.8 Å². The number of hydrogen-bond donors (Lipinski definition) is 2. The van der Waals surface area contributed by atoms with Gasteiger partial charge >= 0.3 is 0 Å². The molecule has 5 rings (SSSR count). The largest absolute Gasteiger partial charge is 0.489 e. The van der Waals surface area contributed by atoms with Crippen LogP contribution in [0.15, 0.2) is 42.5 Å². The summed E-state index contributed by atoms with van der Waals surface area (Å²) in [5, 5.41) is 0.711. The number of anilines is 2. The van der Waals surface area contributed by atoms with Gasteiger partial charge in [0.05, 0.1) is 38.4 Å². The molecular formula is C30H41Cl3N6O5S. The van der Waals surface area contributed by atoms with E-state index in [0.717, 1.165) is 85.8 Å². The number of hydrogen-bond acceptors (Lipinski definition) is 10. The van der Waals surface area contributed by atoms with E-state index in [1.165, 1.54) is 5.56 Å². The van der Waals surface area contributed by atoms with Crippen LogP contribution in [0.4, 0.5) is 11.8 Å². The number of nitrogens with one attached hydrogen (secondary N) is 1. The van der Waals surface area contributed by atoms with Gasteiger partial charge in [-0.05, 0) is 54.3 Å². The van der Waals surface area contributed by atoms with Gasteiger partial charge in [0.1, 0.15) is 18.2 Å². The maximum atomic E-state index is 11.0. The van der Waals surface area contributed by atoms with E-state index in [0.29, 0.717) is 38.1 Å². The summed E-state index contributed by atoms with van der Waals surface area (Å²) >= 11 is 5.99. The summed E-state index contributed by atoms with van der Waals surface area (Å²) in [6.45, 7) is 6.93. The summed E-state index contributed by atoms with van der Waals surface area (Å²) in [6.07, 6.45) is 2.86. The van der Waals surface area contributed by atoms with Crippen LogP contribution in [0.2, 0.25) is 5.02 Å². The van der Waals surface area contributed by atoms with Crippen LogP contribution in [0, 0.1) is 0 Å². The van der Waals surface area contributed by atoms with Crippen molar-refractivity contribution < 1.29 is 22.6 Å². The van der Waals surface area contributed by atoms with Gasteiger partial charge in [-0.15, -0.1) is 24.8 Å². The molecule has 11 nitrogen and oxygen atoms in total. The number of nitrogen functional groups attached to an aromatic ring is 1. The van der Waals surface area contributed by atoms with Crippen molar-refractivity contribution in [3.8, 4) is 17.0 Å². The quantitative estimate of drug-likeness (QED) is 0.240. The van der Waals surface area contributed by atoms with Gasteiger partial charge in [0, 0.05) is 55.4 Å². The highest BCUT2D eigenvalue weighted by atomic mass is 35.5. The molecular weight excluding hydrogens is 663 g/mol. The molecule has 0 spiro atoms. The van der Waals surface area contributed by atoms with Gasteiger partial charge in [0.15, 0.2) is 0 Å². The lowest BCUT2D eigenvalue weighted by Gasteiger charge is -2.37. The van der Waals surface area contributed by atoms with E-state index in [9.17, 15) is 8.42 Å². The van der Waals surface area contributed by atoms with Crippen LogP contribution < -0.4 is 20.1 Å². The normalized spacial score (nSPS) is 14.6. The van der Waals surface area contributed by atoms with Gasteiger partial charge in [0.25, 0.3) is 0 Å². The predicted octanol–water partition coefficient (Wildman–Crippen LogP) is 3.60. The molecule has 45 heavy (non-hydrogen) atoms. The second kappa shape index (κ2) is 17.5. The van der Waals surface area contributed by atoms with E-state index in [1.807, 2.05) is 30.3 Å². The number of nitrogens with two attached hydrogens (primary N) is 1. The lowest BCUT2D eigenvalue weighted by molar-refractivity contribution is 0.0399. The van der Waals surface area contributed by atoms with Crippen LogP contribution in [-0.2, 0) is 38.9 Å². The Morgan fingerprint density at radius 1 is 0.933 bits per heavy atom. The van der Waals surface area contributed by atoms with Crippen molar-refractivity contribution in [2.45, 2.75) is 19.4 Å². The lowest BCUT2D eigenvalue weighted by atomic mass is 9.88. The molecule has 1 fully saturated rings. The lowest BCUT2D eigenvalue weighted by Crippen LogP contribution is -2.48. The fourth-order valence-corrected chi connectivity index (χ4v) is 5.89. The van der Waals surface area contributed by atoms with Crippen LogP contribution in [0.5, 0.6) is 5.75 Å². The SMILES string of the molecule is CS(=O)(=O)NCCOCCOCCN1CCN(c2nc(N)nc3c2CCc2cc(OCc4ccc(Cl)cc4)ccc2-3)CC1.Cl.Cl. The molecule has 2 heterocycles. The molecule has 3 N–H and O–H groups in total. The summed E-state index contributed by atoms with van der Waals surface area (Å²) < 4.78 is 41.6. The minimum Gasteiger partial charge on any atom is -0.489 e. The highest BCUT2D eigenvalue weighted by molar-refractivity contribution is 7.88. The van der Waals surface area contributed by atoms with E-state index in [-0.39, 0.29) is 37.3 Å². The maximum absolute atomic E-state index is 11.0. The molecule has 0 amide bonds. The number of sulfonamides is 1. The van der Waals surface area contributed by atoms with Crippen LogP contribution in [0.1, 0.15) is 16.7 Å². The third kappa shape index (κ3) is 10.8. The number of halogens is 3. The number of aryl methyl sites for hydroxylation is 1. The third-order valence-corrected chi connectivity index (χ3v) is 8.48. The molecule has 2 aliphatic rings. The molecule has 3 aromatic rings. The first-order valence-corrected chi connectivity index (χ1v) is 16.8. The van der Waals surface area contributed by atoms with Gasteiger partial charge in [-0.3, -0.25) is 4.90 Å². The molecule has 1 aliphatic carbocycles. The number of aromatic nitrogens is 2. The average Bonchev–Trinajstić information content (AvgIpc) is 2.99. The second-order valence-electron chi connectivity index (χ2n) is 10.7. The molecule has 0 saturated carbocycles. The fraction of sp³-hybridized carbons (Fsp3) is 0.467. The molecule has 0 unspecified atom stereocenters. The Bertz CT molecular complexity index is 1490. The van der Waals surface area contributed by atoms with Crippen molar-refractivity contribution in [3.63, 3.8) is 0 Å². The summed E-state index contributed by atoms with van der Waals surface area (Å²) in [6, 6.07) is 13.9. The van der Waals surface area contributed by atoms with E-state index < -0.39 is 10.0 Å². The smallest absolute Gasteiger partial charge is 0.222 e. The zero-order valence-electron chi connectivity index (χ0n) is 25.2. The molecule has 248 valence electrons. The summed E-state index contributed by atoms with van der Waals surface area (Å²) in [7, 11) is -3.18. The Morgan fingerprint density at radius 2 is 1.64 bits per heavy atom. The van der Waals surface area contributed by atoms with E-state index in [1.54, 1.807) is 0 Å². The number of nitrogens with zero attached hydrogens (tertiary/aromatic N) is 4. The van der Waals surface area contributed by atoms with Gasteiger partial charge in [-0.2, -0.15) is 4.98 Å². The Hall–Kier alpha value is -2.42. The minimum absolute atomic E-state index is 0. The Kier molecular flexibility index (Phi) is 14.4. The Balaban J connectivity index is 0.00000276. The van der Waals surface area contributed by atoms with Crippen LogP contribution in [0.25, 0.3) is 11.3 Å². The zero-order chi connectivity index (χ0) is 30.2. The van der Waals surface area contributed by atoms with Crippen molar-refractivity contribution in [3.05, 3.63) is 64.2 Å². The van der Waals surface area contributed by atoms with E-state index >= 15 is 0 Å². The number of ether oxygens (including phenoxy) is 3. The zero-order valence-corrected chi connectivity index (χ0v) is 28.4. The molecule has 1 saturated heterocycles. The van der Waals surface area contributed by atoms with E-state index in [2.05, 4.69) is 36.6 Å². The second-order valence-corrected chi connectivity index (χ2v) is 13.0. The van der Waals surface area contributed by atoms with Crippen molar-refractivity contribution in [1.82, 2.24) is 19.6 Å². The Labute approximate surface area is 282 Å². The standard InChI is InChI=1S/C30H39ClN6O5S.2ClH/c1-43(38,39)33-10-16-40-18-19-41-17-15-36-11-13-37(14-12-36)29-27-8-4-23-20-25(42-21-22-2-5-24(31)6-3-22)7-9-26(23)28(27)34-30(32)35-29;;/h2-3,5-7,9,20,33H,4,8,10-19,21H2,1H3,(H2,32,34,35);2*1H. The summed E-state index contributed by atoms with van der Waals surface area (Å²) in [5.41, 5.74) is 11.6. The average molecular weight is 704 g/mol. The summed E-state index contributed by atoms with van der Waals surface area (Å²) in [4.78, 5) is 14.1. The third-order valence-electron chi connectivity index (χ3n) is 7.50. The van der Waals surface area contributed by atoms with Crippen molar-refractivity contribution >= 4 is 58.2 Å². The van der Waals surface area contributed by atoms with Crippen molar-refractivity contribution in [2.24, 2.45) is 0 Å². The predicted molar refractivity (Wildman–Crippen MR) is 183 cm³/mol. The monoisotopic (exact) mass is 702 g/mol. The highest BCUT2D eigenvalue weighted by Gasteiger charge is 2.27. The molecule has 0 atom stereocenters. The van der Waals surface area contributed by atoms with Crippen LogP contribution in [0.3, 0.4) is 0 Å². The number of benzene rings is 2. The van der Waals surface area contributed by atoms with Gasteiger partial charge in [-0.1, -0.05) is 23.7 Å². The van der Waals surface area contributed by atoms with Gasteiger partial charge in [-0.25, -0.2) is 18.1 Å². The number of rotatable bonds is 14. The fourth-order valence-electron chi connectivity index (χ4n) is 5.31. The van der Waals surface area contributed by atoms with E-state index in [4.69, 9.17) is 31.5 Å². The number of fused-ring (bicyclic) bond motifs is 3. The molecule has 0 radical (unpaired) electrons. The first-order valence-electron chi connectivity index (χ1n) is 14.5. The first kappa shape index (κ1) is 37.0. The van der Waals surface area contributed by atoms with Crippen molar-refractivity contribution in [1.29, 1.82) is 0 Å². The summed E-state index contributed by atoms with van der Waals surface area (Å²) in [5.74, 6) is 2.05. The van der Waals surface area contributed by atoms with Gasteiger partial charge in [0.2, 0.25) is 16.0 Å². The van der Waals surface area contributed by atoms with Crippen LogP contribution in [-0.4, -0.2) is 95.2 Å². The molecule has 1 aromatic heterocycles. The number of piperazine rings is 1. The maximum Gasteiger partial charge on any atom is 0.222 e. The van der Waals surface area contributed by atoms with Crippen molar-refractivity contribution in [2.75, 3.05) is 82.6 Å². The molecule has 0 bridgehead atoms. The molecule has 2 aromatic carbocycles. The molecule has 15 heteroatoms. The topological polar surface area (TPSA) is 132 Å². The minimum atomic E-state index is -3.18. The Morgan fingerprint density at radius 3 is 2.36 bits per heavy atom. The highest BCUT2D eigenvalue weighted by Crippen LogP contribution is 2.38.